The second-order valence-corrected chi connectivity index (χ2v) is 7.10. The number of nitrogens with one attached hydrogen (secondary N) is 1. The molecule has 6 nitrogen and oxygen atoms in total. The molecule has 0 aliphatic rings. The van der Waals surface area contributed by atoms with E-state index in [1.807, 2.05) is 35.8 Å². The van der Waals surface area contributed by atoms with Crippen LogP contribution in [0.25, 0.3) is 11.5 Å². The highest BCUT2D eigenvalue weighted by atomic mass is 35.5. The van der Waals surface area contributed by atoms with Crippen molar-refractivity contribution in [1.29, 1.82) is 0 Å². The Labute approximate surface area is 166 Å². The van der Waals surface area contributed by atoms with Gasteiger partial charge in [-0.05, 0) is 36.8 Å². The predicted molar refractivity (Wildman–Crippen MR) is 109 cm³/mol. The molecule has 2 heterocycles. The molecule has 0 spiro atoms. The molecule has 0 bridgehead atoms. The Balaban J connectivity index is 1.72. The Hall–Kier alpha value is -2.64. The standard InChI is InChI=1S/C19H18ClN5OS/c1-3-10-25-18(15-6-4-5-9-21-15)23-24-19(25)27-12-17(26)22-16-11-14(20)8-7-13(16)2/h3-9,11H,1,10,12H2,2H3,(H,22,26). The molecule has 0 saturated heterocycles. The minimum absolute atomic E-state index is 0.141. The van der Waals surface area contributed by atoms with Gasteiger partial charge in [-0.15, -0.1) is 16.8 Å². The number of allylic oxidation sites excluding steroid dienone is 1. The molecular formula is C19H18ClN5OS. The number of hydrogen-bond acceptors (Lipinski definition) is 5. The van der Waals surface area contributed by atoms with Crippen molar-refractivity contribution in [3.05, 3.63) is 65.8 Å². The van der Waals surface area contributed by atoms with Gasteiger partial charge in [0.2, 0.25) is 5.91 Å². The summed E-state index contributed by atoms with van der Waals surface area (Å²) < 4.78 is 1.89. The first-order valence-corrected chi connectivity index (χ1v) is 9.59. The minimum Gasteiger partial charge on any atom is -0.325 e. The summed E-state index contributed by atoms with van der Waals surface area (Å²) in [5.41, 5.74) is 2.37. The van der Waals surface area contributed by atoms with Crippen LogP contribution in [-0.4, -0.2) is 31.4 Å². The molecule has 0 saturated carbocycles. The summed E-state index contributed by atoms with van der Waals surface area (Å²) in [7, 11) is 0. The van der Waals surface area contributed by atoms with Gasteiger partial charge in [-0.2, -0.15) is 0 Å². The van der Waals surface area contributed by atoms with Crippen LogP contribution in [-0.2, 0) is 11.3 Å². The van der Waals surface area contributed by atoms with Crippen LogP contribution in [0.4, 0.5) is 5.69 Å². The zero-order chi connectivity index (χ0) is 19.2. The number of hydrogen-bond donors (Lipinski definition) is 1. The molecule has 1 aromatic carbocycles. The molecule has 0 fully saturated rings. The number of aryl methyl sites for hydroxylation is 1. The number of rotatable bonds is 7. The number of halogens is 1. The number of pyridine rings is 1. The van der Waals surface area contributed by atoms with Crippen LogP contribution in [0.1, 0.15) is 5.56 Å². The lowest BCUT2D eigenvalue weighted by atomic mass is 10.2. The Morgan fingerprint density at radius 2 is 2.19 bits per heavy atom. The van der Waals surface area contributed by atoms with Gasteiger partial charge in [-0.25, -0.2) is 0 Å². The van der Waals surface area contributed by atoms with Crippen molar-refractivity contribution in [2.45, 2.75) is 18.6 Å². The van der Waals surface area contributed by atoms with Gasteiger partial charge in [0.05, 0.1) is 5.75 Å². The van der Waals surface area contributed by atoms with Crippen molar-refractivity contribution in [3.63, 3.8) is 0 Å². The molecule has 0 aliphatic heterocycles. The molecule has 3 aromatic rings. The molecule has 3 rings (SSSR count). The molecule has 1 amide bonds. The van der Waals surface area contributed by atoms with Gasteiger partial charge in [-0.3, -0.25) is 14.3 Å². The largest absolute Gasteiger partial charge is 0.325 e. The molecule has 0 aliphatic carbocycles. The molecule has 8 heteroatoms. The van der Waals surface area contributed by atoms with E-state index < -0.39 is 0 Å². The van der Waals surface area contributed by atoms with Crippen LogP contribution in [0.5, 0.6) is 0 Å². The number of carbonyl (C=O) groups is 1. The van der Waals surface area contributed by atoms with Gasteiger partial charge in [0.15, 0.2) is 11.0 Å². The average Bonchev–Trinajstić information content (AvgIpc) is 3.07. The molecular weight excluding hydrogens is 382 g/mol. The fourth-order valence-electron chi connectivity index (χ4n) is 2.42. The van der Waals surface area contributed by atoms with E-state index in [9.17, 15) is 4.79 Å². The number of thioether (sulfide) groups is 1. The van der Waals surface area contributed by atoms with Crippen molar-refractivity contribution in [3.8, 4) is 11.5 Å². The highest BCUT2D eigenvalue weighted by molar-refractivity contribution is 7.99. The van der Waals surface area contributed by atoms with Crippen molar-refractivity contribution < 1.29 is 4.79 Å². The van der Waals surface area contributed by atoms with E-state index >= 15 is 0 Å². The van der Waals surface area contributed by atoms with Gasteiger partial charge in [-0.1, -0.05) is 41.6 Å². The van der Waals surface area contributed by atoms with Crippen LogP contribution in [0, 0.1) is 6.92 Å². The number of carbonyl (C=O) groups excluding carboxylic acids is 1. The second kappa shape index (κ2) is 8.83. The highest BCUT2D eigenvalue weighted by Gasteiger charge is 2.16. The maximum Gasteiger partial charge on any atom is 0.234 e. The summed E-state index contributed by atoms with van der Waals surface area (Å²) in [5, 5.41) is 12.5. The summed E-state index contributed by atoms with van der Waals surface area (Å²) >= 11 is 7.31. The van der Waals surface area contributed by atoms with E-state index in [1.165, 1.54) is 11.8 Å². The number of nitrogens with zero attached hydrogens (tertiary/aromatic N) is 4. The Morgan fingerprint density at radius 3 is 2.93 bits per heavy atom. The highest BCUT2D eigenvalue weighted by Crippen LogP contribution is 2.24. The quantitative estimate of drug-likeness (QED) is 0.475. The summed E-state index contributed by atoms with van der Waals surface area (Å²) in [5.74, 6) is 0.700. The molecule has 0 atom stereocenters. The van der Waals surface area contributed by atoms with Crippen LogP contribution >= 0.6 is 23.4 Å². The average molecular weight is 400 g/mol. The molecule has 0 unspecified atom stereocenters. The maximum absolute atomic E-state index is 12.3. The van der Waals surface area contributed by atoms with E-state index in [4.69, 9.17) is 11.6 Å². The van der Waals surface area contributed by atoms with E-state index in [-0.39, 0.29) is 11.7 Å². The molecule has 2 aromatic heterocycles. The second-order valence-electron chi connectivity index (χ2n) is 5.72. The summed E-state index contributed by atoms with van der Waals surface area (Å²) in [6.45, 7) is 6.22. The summed E-state index contributed by atoms with van der Waals surface area (Å²) in [6.07, 6.45) is 3.46. The van der Waals surface area contributed by atoms with Crippen molar-refractivity contribution >= 4 is 35.0 Å². The topological polar surface area (TPSA) is 72.7 Å². The molecule has 138 valence electrons. The van der Waals surface area contributed by atoms with Gasteiger partial charge >= 0.3 is 0 Å². The zero-order valence-corrected chi connectivity index (χ0v) is 16.3. The first-order valence-electron chi connectivity index (χ1n) is 8.23. The minimum atomic E-state index is -0.141. The number of amides is 1. The Morgan fingerprint density at radius 1 is 1.33 bits per heavy atom. The monoisotopic (exact) mass is 399 g/mol. The van der Waals surface area contributed by atoms with Crippen molar-refractivity contribution in [2.24, 2.45) is 0 Å². The van der Waals surface area contributed by atoms with Gasteiger partial charge in [0.1, 0.15) is 5.69 Å². The van der Waals surface area contributed by atoms with Crippen LogP contribution in [0.2, 0.25) is 5.02 Å². The van der Waals surface area contributed by atoms with Crippen LogP contribution in [0.15, 0.2) is 60.4 Å². The number of aromatic nitrogens is 4. The number of benzene rings is 1. The molecule has 27 heavy (non-hydrogen) atoms. The first kappa shape index (κ1) is 19.1. The lowest BCUT2D eigenvalue weighted by molar-refractivity contribution is -0.113. The third kappa shape index (κ3) is 4.75. The lowest BCUT2D eigenvalue weighted by Gasteiger charge is -2.09. The van der Waals surface area contributed by atoms with E-state index in [1.54, 1.807) is 24.4 Å². The lowest BCUT2D eigenvalue weighted by Crippen LogP contribution is -2.15. The van der Waals surface area contributed by atoms with Gasteiger partial charge in [0.25, 0.3) is 0 Å². The predicted octanol–water partition coefficient (Wildman–Crippen LogP) is 4.22. The summed E-state index contributed by atoms with van der Waals surface area (Å²) in [4.78, 5) is 16.6. The van der Waals surface area contributed by atoms with E-state index in [0.717, 1.165) is 11.3 Å². The Bertz CT molecular complexity index is 958. The Kier molecular flexibility index (Phi) is 6.26. The molecule has 0 radical (unpaired) electrons. The van der Waals surface area contributed by atoms with Crippen molar-refractivity contribution in [1.82, 2.24) is 19.7 Å². The van der Waals surface area contributed by atoms with E-state index in [0.29, 0.717) is 28.2 Å². The van der Waals surface area contributed by atoms with Gasteiger partial charge < -0.3 is 5.32 Å². The zero-order valence-electron chi connectivity index (χ0n) is 14.7. The fourth-order valence-corrected chi connectivity index (χ4v) is 3.34. The van der Waals surface area contributed by atoms with Crippen molar-refractivity contribution in [2.75, 3.05) is 11.1 Å². The maximum atomic E-state index is 12.3. The third-order valence-electron chi connectivity index (χ3n) is 3.73. The third-order valence-corrected chi connectivity index (χ3v) is 4.93. The first-order chi connectivity index (χ1) is 13.1. The summed E-state index contributed by atoms with van der Waals surface area (Å²) in [6, 6.07) is 11.0. The van der Waals surface area contributed by atoms with Gasteiger partial charge in [0, 0.05) is 23.5 Å². The number of anilines is 1. The van der Waals surface area contributed by atoms with E-state index in [2.05, 4.69) is 27.1 Å². The van der Waals surface area contributed by atoms with Crippen LogP contribution in [0.3, 0.4) is 0 Å². The normalized spacial score (nSPS) is 10.6. The SMILES string of the molecule is C=CCn1c(SCC(=O)Nc2cc(Cl)ccc2C)nnc1-c1ccccn1. The molecule has 1 N–H and O–H groups in total. The smallest absolute Gasteiger partial charge is 0.234 e. The fraction of sp³-hybridized carbons (Fsp3) is 0.158. The van der Waals surface area contributed by atoms with Crippen LogP contribution < -0.4 is 5.32 Å².